The second-order valence-corrected chi connectivity index (χ2v) is 4.42. The van der Waals surface area contributed by atoms with Gasteiger partial charge in [-0.25, -0.2) is 0 Å². The van der Waals surface area contributed by atoms with Gasteiger partial charge in [0.15, 0.2) is 0 Å². The van der Waals surface area contributed by atoms with E-state index in [1.807, 2.05) is 32.2 Å². The first-order valence-corrected chi connectivity index (χ1v) is 6.41. The van der Waals surface area contributed by atoms with Crippen molar-refractivity contribution in [3.63, 3.8) is 0 Å². The SMILES string of the molecule is CCOC(CC)(CC)C(N)c1ccc(C)nc1. The fourth-order valence-electron chi connectivity index (χ4n) is 2.24. The fraction of sp³-hybridized carbons (Fsp3) is 0.643. The minimum atomic E-state index is -0.272. The second-order valence-electron chi connectivity index (χ2n) is 4.42. The van der Waals surface area contributed by atoms with Crippen molar-refractivity contribution in [3.8, 4) is 0 Å². The highest BCUT2D eigenvalue weighted by molar-refractivity contribution is 5.20. The number of ether oxygens (including phenoxy) is 1. The first-order chi connectivity index (χ1) is 8.09. The Balaban J connectivity index is 2.98. The Morgan fingerprint density at radius 2 is 1.94 bits per heavy atom. The summed E-state index contributed by atoms with van der Waals surface area (Å²) < 4.78 is 5.92. The molecular formula is C14H24N2O. The fourth-order valence-corrected chi connectivity index (χ4v) is 2.24. The molecule has 3 heteroatoms. The number of hydrogen-bond acceptors (Lipinski definition) is 3. The average molecular weight is 236 g/mol. The van der Waals surface area contributed by atoms with Crippen molar-refractivity contribution in [1.29, 1.82) is 0 Å². The highest BCUT2D eigenvalue weighted by Crippen LogP contribution is 2.33. The predicted molar refractivity (Wildman–Crippen MR) is 70.8 cm³/mol. The van der Waals surface area contributed by atoms with E-state index in [1.54, 1.807) is 0 Å². The van der Waals surface area contributed by atoms with Gasteiger partial charge in [0, 0.05) is 18.5 Å². The molecule has 0 aliphatic carbocycles. The molecule has 1 heterocycles. The Morgan fingerprint density at radius 3 is 2.35 bits per heavy atom. The molecule has 17 heavy (non-hydrogen) atoms. The molecule has 1 unspecified atom stereocenters. The number of pyridine rings is 1. The van der Waals surface area contributed by atoms with Gasteiger partial charge in [0.05, 0.1) is 11.6 Å². The summed E-state index contributed by atoms with van der Waals surface area (Å²) in [5.41, 5.74) is 8.15. The van der Waals surface area contributed by atoms with Crippen LogP contribution in [0.3, 0.4) is 0 Å². The van der Waals surface area contributed by atoms with E-state index < -0.39 is 0 Å². The molecule has 0 saturated heterocycles. The van der Waals surface area contributed by atoms with Crippen LogP contribution in [0.5, 0.6) is 0 Å². The molecule has 0 fully saturated rings. The molecule has 0 aromatic carbocycles. The molecule has 0 bridgehead atoms. The van der Waals surface area contributed by atoms with Gasteiger partial charge >= 0.3 is 0 Å². The molecule has 0 radical (unpaired) electrons. The van der Waals surface area contributed by atoms with Gasteiger partial charge in [0.2, 0.25) is 0 Å². The highest BCUT2D eigenvalue weighted by atomic mass is 16.5. The van der Waals surface area contributed by atoms with Gasteiger partial charge in [-0.3, -0.25) is 4.98 Å². The van der Waals surface area contributed by atoms with Crippen molar-refractivity contribution in [1.82, 2.24) is 4.98 Å². The summed E-state index contributed by atoms with van der Waals surface area (Å²) in [5, 5.41) is 0. The Labute approximate surface area is 104 Å². The van der Waals surface area contributed by atoms with Crippen LogP contribution in [0.25, 0.3) is 0 Å². The van der Waals surface area contributed by atoms with E-state index >= 15 is 0 Å². The van der Waals surface area contributed by atoms with E-state index in [2.05, 4.69) is 18.8 Å². The van der Waals surface area contributed by atoms with Gasteiger partial charge in [-0.15, -0.1) is 0 Å². The van der Waals surface area contributed by atoms with E-state index in [1.165, 1.54) is 0 Å². The molecule has 3 nitrogen and oxygen atoms in total. The number of nitrogens with two attached hydrogens (primary N) is 1. The smallest absolute Gasteiger partial charge is 0.0869 e. The quantitative estimate of drug-likeness (QED) is 0.826. The maximum absolute atomic E-state index is 6.37. The van der Waals surface area contributed by atoms with Crippen LogP contribution in [-0.4, -0.2) is 17.2 Å². The molecule has 96 valence electrons. The Hall–Kier alpha value is -0.930. The third-order valence-electron chi connectivity index (χ3n) is 3.49. The lowest BCUT2D eigenvalue weighted by Crippen LogP contribution is -2.43. The molecule has 1 atom stereocenters. The third kappa shape index (κ3) is 3.05. The summed E-state index contributed by atoms with van der Waals surface area (Å²) in [6.07, 6.45) is 3.68. The zero-order valence-corrected chi connectivity index (χ0v) is 11.4. The molecule has 1 aromatic rings. The monoisotopic (exact) mass is 236 g/mol. The number of aryl methyl sites for hydroxylation is 1. The first kappa shape index (κ1) is 14.1. The van der Waals surface area contributed by atoms with Crippen molar-refractivity contribution in [2.24, 2.45) is 5.73 Å². The molecule has 1 aromatic heterocycles. The molecule has 0 saturated carbocycles. The molecule has 0 amide bonds. The topological polar surface area (TPSA) is 48.1 Å². The maximum Gasteiger partial charge on any atom is 0.0869 e. The van der Waals surface area contributed by atoms with Gasteiger partial charge in [0.1, 0.15) is 0 Å². The van der Waals surface area contributed by atoms with Crippen molar-refractivity contribution < 1.29 is 4.74 Å². The van der Waals surface area contributed by atoms with Gasteiger partial charge in [-0.1, -0.05) is 19.9 Å². The molecule has 1 rings (SSSR count). The van der Waals surface area contributed by atoms with Crippen LogP contribution < -0.4 is 5.73 Å². The lowest BCUT2D eigenvalue weighted by Gasteiger charge is -2.37. The number of nitrogens with zero attached hydrogens (tertiary/aromatic N) is 1. The van der Waals surface area contributed by atoms with Crippen LogP contribution >= 0.6 is 0 Å². The molecule has 2 N–H and O–H groups in total. The minimum absolute atomic E-state index is 0.120. The van der Waals surface area contributed by atoms with Gasteiger partial charge in [0.25, 0.3) is 0 Å². The van der Waals surface area contributed by atoms with Crippen LogP contribution in [0.4, 0.5) is 0 Å². The lowest BCUT2D eigenvalue weighted by molar-refractivity contribution is -0.0646. The summed E-state index contributed by atoms with van der Waals surface area (Å²) in [6, 6.07) is 3.93. The summed E-state index contributed by atoms with van der Waals surface area (Å²) in [7, 11) is 0. The van der Waals surface area contributed by atoms with E-state index in [-0.39, 0.29) is 11.6 Å². The maximum atomic E-state index is 6.37. The lowest BCUT2D eigenvalue weighted by atomic mass is 9.85. The van der Waals surface area contributed by atoms with Crippen molar-refractivity contribution in [2.45, 2.75) is 52.2 Å². The third-order valence-corrected chi connectivity index (χ3v) is 3.49. The van der Waals surface area contributed by atoms with E-state index in [4.69, 9.17) is 10.5 Å². The summed E-state index contributed by atoms with van der Waals surface area (Å²) in [6.45, 7) is 8.93. The van der Waals surface area contributed by atoms with Crippen molar-refractivity contribution in [3.05, 3.63) is 29.6 Å². The molecule has 0 aliphatic rings. The van der Waals surface area contributed by atoms with Crippen LogP contribution in [0.15, 0.2) is 18.3 Å². The van der Waals surface area contributed by atoms with E-state index in [9.17, 15) is 0 Å². The van der Waals surface area contributed by atoms with Crippen LogP contribution in [0.2, 0.25) is 0 Å². The number of hydrogen-bond donors (Lipinski definition) is 1. The highest BCUT2D eigenvalue weighted by Gasteiger charge is 2.35. The Bertz CT molecular complexity index is 331. The Morgan fingerprint density at radius 1 is 1.29 bits per heavy atom. The molecule has 0 spiro atoms. The van der Waals surface area contributed by atoms with Crippen molar-refractivity contribution in [2.75, 3.05) is 6.61 Å². The first-order valence-electron chi connectivity index (χ1n) is 6.41. The van der Waals surface area contributed by atoms with Gasteiger partial charge < -0.3 is 10.5 Å². The predicted octanol–water partition coefficient (Wildman–Crippen LogP) is 2.99. The summed E-state index contributed by atoms with van der Waals surface area (Å²) in [5.74, 6) is 0. The number of rotatable bonds is 6. The second kappa shape index (κ2) is 6.12. The van der Waals surface area contributed by atoms with Crippen LogP contribution in [-0.2, 0) is 4.74 Å². The van der Waals surface area contributed by atoms with Crippen LogP contribution in [0.1, 0.15) is 50.9 Å². The molecular weight excluding hydrogens is 212 g/mol. The standard InChI is InChI=1S/C14H24N2O/c1-5-14(6-2,17-7-3)13(15)12-9-8-11(4)16-10-12/h8-10,13H,5-7,15H2,1-4H3. The average Bonchev–Trinajstić information content (AvgIpc) is 2.36. The van der Waals surface area contributed by atoms with Gasteiger partial charge in [-0.05, 0) is 38.3 Å². The van der Waals surface area contributed by atoms with E-state index in [0.717, 1.165) is 24.1 Å². The van der Waals surface area contributed by atoms with Crippen molar-refractivity contribution >= 4 is 0 Å². The summed E-state index contributed by atoms with van der Waals surface area (Å²) >= 11 is 0. The zero-order valence-electron chi connectivity index (χ0n) is 11.4. The van der Waals surface area contributed by atoms with Gasteiger partial charge in [-0.2, -0.15) is 0 Å². The largest absolute Gasteiger partial charge is 0.373 e. The van der Waals surface area contributed by atoms with E-state index in [0.29, 0.717) is 6.61 Å². The number of aromatic nitrogens is 1. The molecule has 0 aliphatic heterocycles. The summed E-state index contributed by atoms with van der Waals surface area (Å²) in [4.78, 5) is 4.31. The van der Waals surface area contributed by atoms with Crippen LogP contribution in [0, 0.1) is 6.92 Å². The normalized spacial score (nSPS) is 13.7. The minimum Gasteiger partial charge on any atom is -0.373 e. The Kier molecular flexibility index (Phi) is 5.09. The zero-order chi connectivity index (χ0) is 12.9.